The first-order chi connectivity index (χ1) is 21.9. The van der Waals surface area contributed by atoms with E-state index in [0.29, 0.717) is 58.3 Å². The van der Waals surface area contributed by atoms with Crippen LogP contribution in [0.3, 0.4) is 0 Å². The van der Waals surface area contributed by atoms with Gasteiger partial charge in [0, 0.05) is 23.7 Å². The molecule has 228 valence electrons. The van der Waals surface area contributed by atoms with Crippen LogP contribution >= 0.6 is 11.6 Å². The molecule has 4 aromatic carbocycles. The molecular formula is C34H28ClN3O7. The van der Waals surface area contributed by atoms with Gasteiger partial charge in [-0.05, 0) is 47.0 Å². The maximum absolute atomic E-state index is 11.4. The second-order valence-corrected chi connectivity index (χ2v) is 10.5. The summed E-state index contributed by atoms with van der Waals surface area (Å²) in [7, 11) is 0. The number of hydrogen-bond acceptors (Lipinski definition) is 9. The predicted octanol–water partition coefficient (Wildman–Crippen LogP) is 5.21. The van der Waals surface area contributed by atoms with E-state index < -0.39 is 18.6 Å². The van der Waals surface area contributed by atoms with E-state index in [1.54, 1.807) is 36.4 Å². The van der Waals surface area contributed by atoms with Gasteiger partial charge in [0.2, 0.25) is 0 Å². The fourth-order valence-electron chi connectivity index (χ4n) is 4.77. The van der Waals surface area contributed by atoms with E-state index in [-0.39, 0.29) is 30.5 Å². The molecule has 0 saturated carbocycles. The van der Waals surface area contributed by atoms with E-state index in [1.807, 2.05) is 36.4 Å². The number of carboxylic acid groups (broad SMARTS) is 1. The molecule has 3 N–H and O–H groups in total. The number of rotatable bonds is 12. The van der Waals surface area contributed by atoms with E-state index >= 15 is 0 Å². The van der Waals surface area contributed by atoms with Crippen molar-refractivity contribution in [3.05, 3.63) is 106 Å². The maximum Gasteiger partial charge on any atom is 0.323 e. The van der Waals surface area contributed by atoms with Crippen LogP contribution in [0, 0.1) is 22.7 Å². The highest BCUT2D eigenvalue weighted by Crippen LogP contribution is 2.37. The lowest BCUT2D eigenvalue weighted by Crippen LogP contribution is -2.39. The van der Waals surface area contributed by atoms with E-state index in [9.17, 15) is 25.5 Å². The lowest BCUT2D eigenvalue weighted by Gasteiger charge is -2.19. The third-order valence-corrected chi connectivity index (χ3v) is 7.38. The SMILES string of the molecule is N#Cc1cccc(COc2cc(OCc3cccc(-c4ccc5c(c4)OCCO5)c3C#N)c(Cl)cc2CNC(CO)C(=O)O)c1. The van der Waals surface area contributed by atoms with Crippen LogP contribution < -0.4 is 24.3 Å². The highest BCUT2D eigenvalue weighted by atomic mass is 35.5. The van der Waals surface area contributed by atoms with Gasteiger partial charge in [-0.15, -0.1) is 0 Å². The van der Waals surface area contributed by atoms with Crippen LogP contribution in [0.2, 0.25) is 5.02 Å². The molecule has 10 nitrogen and oxygen atoms in total. The highest BCUT2D eigenvalue weighted by Gasteiger charge is 2.19. The van der Waals surface area contributed by atoms with Crippen molar-refractivity contribution in [3.8, 4) is 46.3 Å². The molecule has 5 rings (SSSR count). The van der Waals surface area contributed by atoms with E-state index in [1.165, 1.54) is 0 Å². The van der Waals surface area contributed by atoms with Crippen molar-refractivity contribution in [1.29, 1.82) is 10.5 Å². The van der Waals surface area contributed by atoms with Gasteiger partial charge in [0.1, 0.15) is 50.0 Å². The maximum atomic E-state index is 11.4. The summed E-state index contributed by atoms with van der Waals surface area (Å²) in [4.78, 5) is 11.4. The molecule has 0 radical (unpaired) electrons. The van der Waals surface area contributed by atoms with Gasteiger partial charge in [-0.2, -0.15) is 10.5 Å². The van der Waals surface area contributed by atoms with Crippen LogP contribution in [0.5, 0.6) is 23.0 Å². The Morgan fingerprint density at radius 2 is 1.69 bits per heavy atom. The van der Waals surface area contributed by atoms with Gasteiger partial charge in [-0.1, -0.05) is 48.0 Å². The number of carbonyl (C=O) groups is 1. The number of ether oxygens (including phenoxy) is 4. The van der Waals surface area contributed by atoms with E-state index in [2.05, 4.69) is 17.5 Å². The summed E-state index contributed by atoms with van der Waals surface area (Å²) < 4.78 is 23.5. The van der Waals surface area contributed by atoms with E-state index in [4.69, 9.17) is 30.5 Å². The molecule has 1 unspecified atom stereocenters. The number of aliphatic hydroxyl groups is 1. The number of nitrogens with one attached hydrogen (secondary N) is 1. The Balaban J connectivity index is 1.40. The minimum Gasteiger partial charge on any atom is -0.488 e. The summed E-state index contributed by atoms with van der Waals surface area (Å²) in [5, 5.41) is 41.1. The number of halogens is 1. The second-order valence-electron chi connectivity index (χ2n) is 10.0. The smallest absolute Gasteiger partial charge is 0.323 e. The number of hydrogen-bond donors (Lipinski definition) is 3. The van der Waals surface area contributed by atoms with Gasteiger partial charge < -0.3 is 29.2 Å². The molecule has 0 fully saturated rings. The number of carboxylic acids is 1. The van der Waals surface area contributed by atoms with Gasteiger partial charge in [-0.3, -0.25) is 10.1 Å². The molecule has 11 heteroatoms. The second kappa shape index (κ2) is 14.5. The molecule has 0 aliphatic carbocycles. The van der Waals surface area contributed by atoms with Crippen molar-refractivity contribution in [2.45, 2.75) is 25.8 Å². The number of fused-ring (bicyclic) bond motifs is 1. The van der Waals surface area contributed by atoms with Crippen molar-refractivity contribution in [2.24, 2.45) is 0 Å². The van der Waals surface area contributed by atoms with Crippen LogP contribution in [0.15, 0.2) is 72.8 Å². The minimum absolute atomic E-state index is 0.0217. The summed E-state index contributed by atoms with van der Waals surface area (Å²) in [6.07, 6.45) is 0. The summed E-state index contributed by atoms with van der Waals surface area (Å²) in [5.41, 5.74) is 4.34. The molecule has 0 bridgehead atoms. The molecule has 1 atom stereocenters. The Morgan fingerprint density at radius 1 is 0.911 bits per heavy atom. The van der Waals surface area contributed by atoms with Crippen molar-refractivity contribution < 1.29 is 34.0 Å². The molecule has 4 aromatic rings. The Morgan fingerprint density at radius 3 is 2.44 bits per heavy atom. The molecule has 0 aromatic heterocycles. The first-order valence-electron chi connectivity index (χ1n) is 14.0. The summed E-state index contributed by atoms with van der Waals surface area (Å²) >= 11 is 6.60. The van der Waals surface area contributed by atoms with Crippen molar-refractivity contribution in [3.63, 3.8) is 0 Å². The minimum atomic E-state index is -1.20. The molecule has 1 aliphatic heterocycles. The standard InChI is InChI=1S/C34H28ClN3O7/c35-28-12-25(17-38-29(18-39)34(40)41)31(44-19-22-4-1-3-21(11-22)15-36)14-32(28)45-20-24-5-2-6-26(27(24)16-37)23-7-8-30-33(13-23)43-10-9-42-30/h1-8,11-14,29,38-39H,9-10,17-20H2,(H,40,41). The lowest BCUT2D eigenvalue weighted by atomic mass is 9.96. The number of aliphatic carboxylic acids is 1. The quantitative estimate of drug-likeness (QED) is 0.191. The van der Waals surface area contributed by atoms with Gasteiger partial charge in [0.25, 0.3) is 0 Å². The predicted molar refractivity (Wildman–Crippen MR) is 164 cm³/mol. The molecule has 0 amide bonds. The molecule has 0 spiro atoms. The molecule has 45 heavy (non-hydrogen) atoms. The molecule has 1 heterocycles. The molecular weight excluding hydrogens is 598 g/mol. The monoisotopic (exact) mass is 625 g/mol. The van der Waals surface area contributed by atoms with Crippen molar-refractivity contribution in [1.82, 2.24) is 5.32 Å². The zero-order valence-electron chi connectivity index (χ0n) is 24.0. The highest BCUT2D eigenvalue weighted by molar-refractivity contribution is 6.32. The summed E-state index contributed by atoms with van der Waals surface area (Å²) in [6, 6.07) is 24.4. The van der Waals surface area contributed by atoms with Crippen LogP contribution in [-0.2, 0) is 24.6 Å². The Hall–Kier alpha value is -5.26. The average Bonchev–Trinajstić information content (AvgIpc) is 3.07. The van der Waals surface area contributed by atoms with Gasteiger partial charge in [0.15, 0.2) is 11.5 Å². The van der Waals surface area contributed by atoms with Crippen LogP contribution in [-0.4, -0.2) is 42.0 Å². The van der Waals surface area contributed by atoms with Crippen molar-refractivity contribution >= 4 is 17.6 Å². The summed E-state index contributed by atoms with van der Waals surface area (Å²) in [6.45, 7) is 0.491. The molecule has 0 saturated heterocycles. The first kappa shape index (κ1) is 31.2. The fourth-order valence-corrected chi connectivity index (χ4v) is 5.01. The van der Waals surface area contributed by atoms with Gasteiger partial charge >= 0.3 is 5.97 Å². The van der Waals surface area contributed by atoms with Crippen LogP contribution in [0.25, 0.3) is 11.1 Å². The van der Waals surface area contributed by atoms with Gasteiger partial charge in [0.05, 0.1) is 28.8 Å². The third kappa shape index (κ3) is 7.46. The lowest BCUT2D eigenvalue weighted by molar-refractivity contribution is -0.140. The third-order valence-electron chi connectivity index (χ3n) is 7.08. The van der Waals surface area contributed by atoms with Crippen molar-refractivity contribution in [2.75, 3.05) is 19.8 Å². The number of nitrogens with zero attached hydrogens (tertiary/aromatic N) is 2. The van der Waals surface area contributed by atoms with Gasteiger partial charge in [-0.25, -0.2) is 0 Å². The van der Waals surface area contributed by atoms with Crippen LogP contribution in [0.1, 0.15) is 27.8 Å². The Kier molecular flexibility index (Phi) is 10.0. The zero-order valence-corrected chi connectivity index (χ0v) is 24.7. The number of aliphatic hydroxyl groups excluding tert-OH is 1. The first-order valence-corrected chi connectivity index (χ1v) is 14.3. The average molecular weight is 626 g/mol. The largest absolute Gasteiger partial charge is 0.488 e. The zero-order chi connectivity index (χ0) is 31.8. The summed E-state index contributed by atoms with van der Waals surface area (Å²) in [5.74, 6) is 0.711. The van der Waals surface area contributed by atoms with E-state index in [0.717, 1.165) is 11.1 Å². The Labute approximate surface area is 264 Å². The van der Waals surface area contributed by atoms with Crippen LogP contribution in [0.4, 0.5) is 0 Å². The Bertz CT molecular complexity index is 1800. The topological polar surface area (TPSA) is 154 Å². The fraction of sp³-hybridized carbons (Fsp3) is 0.206. The number of benzene rings is 4. The normalized spacial score (nSPS) is 12.4. The number of nitriles is 2. The molecule has 1 aliphatic rings.